The average Bonchev–Trinajstić information content (AvgIpc) is 2.77. The Bertz CT molecular complexity index is 639. The maximum absolute atomic E-state index is 12.3. The Hall–Kier alpha value is -1.44. The molecule has 2 fully saturated rings. The largest absolute Gasteiger partial charge is 0.348 e. The molecular weight excluding hydrogens is 318 g/mol. The van der Waals surface area contributed by atoms with Crippen molar-refractivity contribution in [1.29, 1.82) is 0 Å². The van der Waals surface area contributed by atoms with Crippen LogP contribution in [-0.2, 0) is 19.4 Å². The van der Waals surface area contributed by atoms with E-state index in [-0.39, 0.29) is 35.8 Å². The quantitative estimate of drug-likeness (QED) is 0.803. The lowest BCUT2D eigenvalue weighted by Crippen LogP contribution is -2.47. The summed E-state index contributed by atoms with van der Waals surface area (Å²) in [7, 11) is -3.10. The van der Waals surface area contributed by atoms with E-state index in [0.29, 0.717) is 24.5 Å². The van der Waals surface area contributed by atoms with Crippen LogP contribution in [0.2, 0.25) is 0 Å². The average molecular weight is 341 g/mol. The molecule has 2 heterocycles. The molecule has 0 bridgehead atoms. The van der Waals surface area contributed by atoms with Crippen molar-refractivity contribution in [2.45, 2.75) is 57.5 Å². The maximum Gasteiger partial charge on any atom is 0.267 e. The topological polar surface area (TPSA) is 95.9 Å². The highest BCUT2D eigenvalue weighted by Crippen LogP contribution is 2.29. The molecule has 2 aliphatic heterocycles. The molecule has 0 aromatic heterocycles. The van der Waals surface area contributed by atoms with Crippen LogP contribution < -0.4 is 5.32 Å². The summed E-state index contributed by atoms with van der Waals surface area (Å²) in [6.07, 6.45) is 4.41. The number of hydrogen-bond donors (Lipinski definition) is 1. The lowest BCUT2D eigenvalue weighted by molar-refractivity contribution is -0.133. The van der Waals surface area contributed by atoms with E-state index in [1.165, 1.54) is 11.4 Å². The zero-order valence-electron chi connectivity index (χ0n) is 13.3. The normalized spacial score (nSPS) is 28.9. The fraction of sp³-hybridized carbons (Fsp3) is 0.800. The first-order valence-electron chi connectivity index (χ1n) is 8.26. The van der Waals surface area contributed by atoms with Crippen molar-refractivity contribution in [3.63, 3.8) is 0 Å². The Kier molecular flexibility index (Phi) is 4.44. The van der Waals surface area contributed by atoms with Crippen LogP contribution in [0.3, 0.4) is 0 Å². The van der Waals surface area contributed by atoms with Crippen molar-refractivity contribution >= 4 is 27.4 Å². The highest BCUT2D eigenvalue weighted by Gasteiger charge is 2.37. The maximum atomic E-state index is 12.3. The van der Waals surface area contributed by atoms with Gasteiger partial charge in [0.2, 0.25) is 5.91 Å². The summed E-state index contributed by atoms with van der Waals surface area (Å²) in [5.74, 6) is 0.117. The Morgan fingerprint density at radius 2 is 2.04 bits per heavy atom. The molecule has 3 rings (SSSR count). The number of amides is 2. The van der Waals surface area contributed by atoms with Crippen LogP contribution in [0.4, 0.5) is 0 Å². The minimum absolute atomic E-state index is 0.0599. The monoisotopic (exact) mass is 341 g/mol. The third-order valence-electron chi connectivity index (χ3n) is 5.09. The zero-order valence-corrected chi connectivity index (χ0v) is 14.1. The minimum atomic E-state index is -3.10. The van der Waals surface area contributed by atoms with Gasteiger partial charge in [0.05, 0.1) is 17.5 Å². The summed E-state index contributed by atoms with van der Waals surface area (Å²) in [5.41, 5.74) is 0.333. The Morgan fingerprint density at radius 3 is 2.61 bits per heavy atom. The number of carbonyl (C=O) groups excluding carboxylic acids is 2. The summed E-state index contributed by atoms with van der Waals surface area (Å²) >= 11 is 0. The second kappa shape index (κ2) is 6.22. The van der Waals surface area contributed by atoms with Gasteiger partial charge in [-0.3, -0.25) is 9.59 Å². The van der Waals surface area contributed by atoms with E-state index >= 15 is 0 Å². The molecule has 128 valence electrons. The minimum Gasteiger partial charge on any atom is -0.348 e. The molecular formula is C15H23N3O4S. The van der Waals surface area contributed by atoms with Crippen LogP contribution in [-0.4, -0.2) is 54.5 Å². The summed E-state index contributed by atoms with van der Waals surface area (Å²) in [4.78, 5) is 24.4. The lowest BCUT2D eigenvalue weighted by Gasteiger charge is -2.32. The summed E-state index contributed by atoms with van der Waals surface area (Å²) < 4.78 is 23.2. The molecule has 23 heavy (non-hydrogen) atoms. The van der Waals surface area contributed by atoms with Crippen molar-refractivity contribution < 1.29 is 18.0 Å². The Balaban J connectivity index is 1.68. The first-order chi connectivity index (χ1) is 10.9. The standard InChI is InChI=1S/C15H23N3O4S/c1-10(11-3-2-4-11)16-15(20)13-5-6-14(19)18(17-13)12-7-8-23(21,22)9-12/h10-12H,2-9H2,1H3,(H,16,20). The third kappa shape index (κ3) is 3.57. The van der Waals surface area contributed by atoms with Crippen molar-refractivity contribution in [2.75, 3.05) is 11.5 Å². The molecule has 8 heteroatoms. The summed E-state index contributed by atoms with van der Waals surface area (Å²) in [5, 5.41) is 8.39. The van der Waals surface area contributed by atoms with E-state index in [1.807, 2.05) is 6.92 Å². The Morgan fingerprint density at radius 1 is 1.30 bits per heavy atom. The summed E-state index contributed by atoms with van der Waals surface area (Å²) in [6.45, 7) is 2.00. The van der Waals surface area contributed by atoms with Gasteiger partial charge in [0, 0.05) is 18.9 Å². The fourth-order valence-corrected chi connectivity index (χ4v) is 5.03. The molecule has 3 aliphatic rings. The van der Waals surface area contributed by atoms with Gasteiger partial charge < -0.3 is 5.32 Å². The first kappa shape index (κ1) is 16.4. The molecule has 2 atom stereocenters. The molecule has 0 spiro atoms. The molecule has 0 aromatic rings. The number of carbonyl (C=O) groups is 2. The first-order valence-corrected chi connectivity index (χ1v) is 10.1. The second-order valence-electron chi connectivity index (χ2n) is 6.79. The SMILES string of the molecule is CC(NC(=O)C1=NN(C2CCS(=O)(=O)C2)C(=O)CC1)C1CCC1. The molecule has 1 aliphatic carbocycles. The number of nitrogens with one attached hydrogen (secondary N) is 1. The van der Waals surface area contributed by atoms with Crippen LogP contribution in [0.15, 0.2) is 5.10 Å². The lowest BCUT2D eigenvalue weighted by atomic mass is 9.80. The van der Waals surface area contributed by atoms with Gasteiger partial charge in [-0.2, -0.15) is 5.10 Å². The van der Waals surface area contributed by atoms with Gasteiger partial charge in [0.25, 0.3) is 5.91 Å². The number of nitrogens with zero attached hydrogens (tertiary/aromatic N) is 2. The van der Waals surface area contributed by atoms with Crippen LogP contribution in [0, 0.1) is 5.92 Å². The highest BCUT2D eigenvalue weighted by atomic mass is 32.2. The van der Waals surface area contributed by atoms with E-state index in [9.17, 15) is 18.0 Å². The molecule has 2 unspecified atom stereocenters. The Labute approximate surface area is 136 Å². The number of rotatable bonds is 4. The molecule has 7 nitrogen and oxygen atoms in total. The van der Waals surface area contributed by atoms with Gasteiger partial charge in [-0.15, -0.1) is 0 Å². The predicted molar refractivity (Wildman–Crippen MR) is 85.5 cm³/mol. The van der Waals surface area contributed by atoms with Crippen LogP contribution in [0.5, 0.6) is 0 Å². The molecule has 1 saturated carbocycles. The number of hydrogen-bond acceptors (Lipinski definition) is 5. The van der Waals surface area contributed by atoms with Crippen molar-refractivity contribution in [3.8, 4) is 0 Å². The van der Waals surface area contributed by atoms with E-state index in [4.69, 9.17) is 0 Å². The van der Waals surface area contributed by atoms with Crippen molar-refractivity contribution in [2.24, 2.45) is 11.0 Å². The van der Waals surface area contributed by atoms with Gasteiger partial charge in [-0.1, -0.05) is 6.42 Å². The molecule has 0 radical (unpaired) electrons. The van der Waals surface area contributed by atoms with Crippen LogP contribution in [0.25, 0.3) is 0 Å². The van der Waals surface area contributed by atoms with E-state index < -0.39 is 15.9 Å². The second-order valence-corrected chi connectivity index (χ2v) is 9.02. The van der Waals surface area contributed by atoms with Crippen LogP contribution in [0.1, 0.15) is 45.4 Å². The number of sulfone groups is 1. The van der Waals surface area contributed by atoms with Crippen molar-refractivity contribution in [3.05, 3.63) is 0 Å². The van der Waals surface area contributed by atoms with Gasteiger partial charge in [0.1, 0.15) is 5.71 Å². The van der Waals surface area contributed by atoms with Crippen molar-refractivity contribution in [1.82, 2.24) is 10.3 Å². The highest BCUT2D eigenvalue weighted by molar-refractivity contribution is 7.91. The molecule has 1 N–H and O–H groups in total. The van der Waals surface area contributed by atoms with Gasteiger partial charge in [0.15, 0.2) is 9.84 Å². The summed E-state index contributed by atoms with van der Waals surface area (Å²) in [6, 6.07) is -0.323. The fourth-order valence-electron chi connectivity index (χ4n) is 3.34. The molecule has 2 amide bonds. The van der Waals surface area contributed by atoms with E-state index in [1.54, 1.807) is 0 Å². The molecule has 0 aromatic carbocycles. The van der Waals surface area contributed by atoms with Gasteiger partial charge in [-0.05, 0) is 32.1 Å². The van der Waals surface area contributed by atoms with Crippen LogP contribution >= 0.6 is 0 Å². The van der Waals surface area contributed by atoms with E-state index in [0.717, 1.165) is 12.8 Å². The van der Waals surface area contributed by atoms with E-state index in [2.05, 4.69) is 10.4 Å². The molecule has 1 saturated heterocycles. The van der Waals surface area contributed by atoms with Gasteiger partial charge in [-0.25, -0.2) is 13.4 Å². The predicted octanol–water partition coefficient (Wildman–Crippen LogP) is 0.457. The number of hydrazone groups is 1. The zero-order chi connectivity index (χ0) is 16.6. The van der Waals surface area contributed by atoms with Gasteiger partial charge >= 0.3 is 0 Å². The third-order valence-corrected chi connectivity index (χ3v) is 6.84. The smallest absolute Gasteiger partial charge is 0.267 e.